The number of carboxylic acids is 2. The van der Waals surface area contributed by atoms with Crippen LogP contribution in [-0.4, -0.2) is 36.4 Å². The van der Waals surface area contributed by atoms with Crippen LogP contribution in [0.15, 0.2) is 18.2 Å². The molecule has 6 heteroatoms. The lowest BCUT2D eigenvalue weighted by molar-refractivity contribution is 0.0696. The van der Waals surface area contributed by atoms with E-state index in [4.69, 9.17) is 15.9 Å². The molecule has 0 aliphatic carbocycles. The minimum atomic E-state index is -1.24. The number of carboxylic acid groups (broad SMARTS) is 2. The Labute approximate surface area is 92.3 Å². The average Bonchev–Trinajstić information content (AvgIpc) is 2.18. The van der Waals surface area contributed by atoms with E-state index in [1.54, 1.807) is 14.2 Å². The molecule has 0 aliphatic rings. The first kappa shape index (κ1) is 13.9. The molecule has 1 aromatic rings. The summed E-state index contributed by atoms with van der Waals surface area (Å²) in [5.74, 6) is -2.47. The van der Waals surface area contributed by atoms with Gasteiger partial charge in [-0.1, -0.05) is 6.07 Å². The number of carbonyl (C=O) groups is 2. The molecule has 4 N–H and O–H groups in total. The van der Waals surface area contributed by atoms with Crippen molar-refractivity contribution in [2.75, 3.05) is 20.0 Å². The molecule has 0 bridgehead atoms. The van der Waals surface area contributed by atoms with Crippen molar-refractivity contribution >= 4 is 17.6 Å². The molecule has 0 saturated heterocycles. The second-order valence-corrected chi connectivity index (χ2v) is 2.79. The quantitative estimate of drug-likeness (QED) is 0.648. The van der Waals surface area contributed by atoms with Gasteiger partial charge in [0.25, 0.3) is 0 Å². The minimum absolute atomic E-state index is 0.195. The van der Waals surface area contributed by atoms with Crippen molar-refractivity contribution in [3.05, 3.63) is 29.3 Å². The fourth-order valence-corrected chi connectivity index (χ4v) is 0.938. The Morgan fingerprint density at radius 2 is 1.44 bits per heavy atom. The predicted molar refractivity (Wildman–Crippen MR) is 57.7 cm³/mol. The largest absolute Gasteiger partial charge is 0.478 e. The second kappa shape index (κ2) is 6.41. The van der Waals surface area contributed by atoms with E-state index in [2.05, 4.69) is 4.74 Å². The van der Waals surface area contributed by atoms with Gasteiger partial charge in [0.2, 0.25) is 0 Å². The summed E-state index contributed by atoms with van der Waals surface area (Å²) in [6.45, 7) is 0. The Bertz CT molecular complexity index is 357. The van der Waals surface area contributed by atoms with Crippen molar-refractivity contribution in [2.24, 2.45) is 0 Å². The monoisotopic (exact) mass is 227 g/mol. The number of hydrogen-bond acceptors (Lipinski definition) is 4. The molecule has 0 atom stereocenters. The van der Waals surface area contributed by atoms with Crippen molar-refractivity contribution in [3.63, 3.8) is 0 Å². The van der Waals surface area contributed by atoms with Crippen LogP contribution in [0.4, 0.5) is 5.69 Å². The van der Waals surface area contributed by atoms with Crippen LogP contribution in [0.5, 0.6) is 0 Å². The summed E-state index contributed by atoms with van der Waals surface area (Å²) < 4.78 is 4.25. The number of methoxy groups -OCH3 is 1. The van der Waals surface area contributed by atoms with Crippen molar-refractivity contribution in [1.29, 1.82) is 0 Å². The number of nitrogen functional groups attached to an aromatic ring is 1. The highest BCUT2D eigenvalue weighted by molar-refractivity contribution is 6.02. The molecular weight excluding hydrogens is 214 g/mol. The van der Waals surface area contributed by atoms with Gasteiger partial charge in [-0.05, 0) is 12.1 Å². The van der Waals surface area contributed by atoms with Gasteiger partial charge in [-0.25, -0.2) is 9.59 Å². The predicted octanol–water partition coefficient (Wildman–Crippen LogP) is 0.928. The van der Waals surface area contributed by atoms with E-state index in [0.29, 0.717) is 0 Å². The summed E-state index contributed by atoms with van der Waals surface area (Å²) in [7, 11) is 3.25. The fourth-order valence-electron chi connectivity index (χ4n) is 0.938. The van der Waals surface area contributed by atoms with Crippen molar-refractivity contribution in [1.82, 2.24) is 0 Å². The van der Waals surface area contributed by atoms with Crippen LogP contribution in [0.1, 0.15) is 20.7 Å². The molecule has 0 amide bonds. The van der Waals surface area contributed by atoms with E-state index < -0.39 is 11.9 Å². The van der Waals surface area contributed by atoms with Crippen LogP contribution in [-0.2, 0) is 4.74 Å². The third-order valence-corrected chi connectivity index (χ3v) is 1.57. The van der Waals surface area contributed by atoms with Gasteiger partial charge in [-0.15, -0.1) is 0 Å². The molecule has 0 heterocycles. The molecule has 6 nitrogen and oxygen atoms in total. The number of aromatic carboxylic acids is 2. The van der Waals surface area contributed by atoms with E-state index in [1.165, 1.54) is 18.2 Å². The zero-order chi connectivity index (χ0) is 12.7. The normalized spacial score (nSPS) is 8.88. The molecule has 0 fully saturated rings. The maximum atomic E-state index is 10.5. The average molecular weight is 227 g/mol. The second-order valence-electron chi connectivity index (χ2n) is 2.79. The molecule has 0 aromatic heterocycles. The summed E-state index contributed by atoms with van der Waals surface area (Å²) in [4.78, 5) is 21.0. The summed E-state index contributed by atoms with van der Waals surface area (Å²) in [5.41, 5.74) is 4.71. The zero-order valence-electron chi connectivity index (χ0n) is 8.93. The summed E-state index contributed by atoms with van der Waals surface area (Å²) in [6.07, 6.45) is 0. The molecule has 16 heavy (non-hydrogen) atoms. The van der Waals surface area contributed by atoms with Gasteiger partial charge < -0.3 is 20.7 Å². The lowest BCUT2D eigenvalue weighted by Crippen LogP contribution is -2.08. The lowest BCUT2D eigenvalue weighted by atomic mass is 10.1. The first-order valence-corrected chi connectivity index (χ1v) is 4.20. The highest BCUT2D eigenvalue weighted by atomic mass is 16.4. The molecule has 0 aliphatic heterocycles. The topological polar surface area (TPSA) is 110 Å². The maximum Gasteiger partial charge on any atom is 0.337 e. The van der Waals surface area contributed by atoms with Crippen LogP contribution < -0.4 is 5.73 Å². The standard InChI is InChI=1S/C8H7NO4.C2H6O/c9-6-4(7(10)11)2-1-3-5(6)8(12)13;1-3-2/h1-3H,9H2,(H,10,11)(H,12,13);1-2H3. The van der Waals surface area contributed by atoms with Gasteiger partial charge in [0.15, 0.2) is 0 Å². The van der Waals surface area contributed by atoms with Crippen LogP contribution in [0, 0.1) is 0 Å². The van der Waals surface area contributed by atoms with Crippen molar-refractivity contribution in [3.8, 4) is 0 Å². The Morgan fingerprint density at radius 3 is 1.69 bits per heavy atom. The highest BCUT2D eigenvalue weighted by Crippen LogP contribution is 2.17. The molecule has 0 radical (unpaired) electrons. The Balaban J connectivity index is 0.000000673. The van der Waals surface area contributed by atoms with Crippen molar-refractivity contribution in [2.45, 2.75) is 0 Å². The maximum absolute atomic E-state index is 10.5. The minimum Gasteiger partial charge on any atom is -0.478 e. The number of para-hydroxylation sites is 1. The third kappa shape index (κ3) is 3.58. The third-order valence-electron chi connectivity index (χ3n) is 1.57. The van der Waals surface area contributed by atoms with Crippen LogP contribution in [0.3, 0.4) is 0 Å². The van der Waals surface area contributed by atoms with E-state index in [-0.39, 0.29) is 16.8 Å². The van der Waals surface area contributed by atoms with E-state index >= 15 is 0 Å². The summed E-state index contributed by atoms with van der Waals surface area (Å²) in [6, 6.07) is 3.84. The molecule has 0 spiro atoms. The van der Waals surface area contributed by atoms with Crippen LogP contribution in [0.2, 0.25) is 0 Å². The highest BCUT2D eigenvalue weighted by Gasteiger charge is 2.14. The molecule has 88 valence electrons. The van der Waals surface area contributed by atoms with Crippen molar-refractivity contribution < 1.29 is 24.5 Å². The Hall–Kier alpha value is -2.08. The molecule has 1 rings (SSSR count). The number of ether oxygens (including phenoxy) is 1. The van der Waals surface area contributed by atoms with E-state index in [0.717, 1.165) is 0 Å². The fraction of sp³-hybridized carbons (Fsp3) is 0.200. The summed E-state index contributed by atoms with van der Waals surface area (Å²) >= 11 is 0. The van der Waals surface area contributed by atoms with E-state index in [1.807, 2.05) is 0 Å². The van der Waals surface area contributed by atoms with Gasteiger partial charge in [0.1, 0.15) is 0 Å². The Morgan fingerprint density at radius 1 is 1.12 bits per heavy atom. The van der Waals surface area contributed by atoms with Gasteiger partial charge in [0.05, 0.1) is 16.8 Å². The lowest BCUT2D eigenvalue weighted by Gasteiger charge is -2.03. The van der Waals surface area contributed by atoms with Gasteiger partial charge >= 0.3 is 11.9 Å². The van der Waals surface area contributed by atoms with Crippen LogP contribution >= 0.6 is 0 Å². The van der Waals surface area contributed by atoms with Gasteiger partial charge in [-0.3, -0.25) is 0 Å². The molecule has 1 aromatic carbocycles. The van der Waals surface area contributed by atoms with E-state index in [9.17, 15) is 9.59 Å². The zero-order valence-corrected chi connectivity index (χ0v) is 8.93. The first-order valence-electron chi connectivity index (χ1n) is 4.20. The number of nitrogens with two attached hydrogens (primary N) is 1. The van der Waals surface area contributed by atoms with Crippen LogP contribution in [0.25, 0.3) is 0 Å². The molecule has 0 unspecified atom stereocenters. The number of hydrogen-bond donors (Lipinski definition) is 3. The number of anilines is 1. The first-order chi connectivity index (χ1) is 7.45. The smallest absolute Gasteiger partial charge is 0.337 e. The van der Waals surface area contributed by atoms with Gasteiger partial charge in [0, 0.05) is 14.2 Å². The molecular formula is C10H13NO5. The molecule has 0 saturated carbocycles. The number of rotatable bonds is 2. The number of benzene rings is 1. The summed E-state index contributed by atoms with van der Waals surface area (Å²) in [5, 5.41) is 17.2. The van der Waals surface area contributed by atoms with Gasteiger partial charge in [-0.2, -0.15) is 0 Å². The SMILES string of the molecule is COC.Nc1c(C(=O)O)cccc1C(=O)O. The Kier molecular flexibility index (Phi) is 5.58.